The predicted octanol–water partition coefficient (Wildman–Crippen LogP) is 2.95. The number of piperidine rings is 1. The van der Waals surface area contributed by atoms with Crippen LogP contribution in [0.2, 0.25) is 0 Å². The first kappa shape index (κ1) is 21.4. The summed E-state index contributed by atoms with van der Waals surface area (Å²) in [5, 5.41) is 18.5. The molecule has 4 aliphatic rings. The van der Waals surface area contributed by atoms with Crippen molar-refractivity contribution in [1.29, 1.82) is 0 Å². The lowest BCUT2D eigenvalue weighted by atomic mass is 9.66. The summed E-state index contributed by atoms with van der Waals surface area (Å²) in [4.78, 5) is 7.45. The number of allylic oxidation sites excluding steroid dienone is 2. The number of aryl methyl sites for hydroxylation is 1. The van der Waals surface area contributed by atoms with E-state index in [0.717, 1.165) is 32.5 Å². The number of hydrogen-bond donors (Lipinski definition) is 2. The van der Waals surface area contributed by atoms with Crippen molar-refractivity contribution in [2.45, 2.75) is 64.3 Å². The van der Waals surface area contributed by atoms with Crippen LogP contribution in [-0.4, -0.2) is 63.4 Å². The van der Waals surface area contributed by atoms with Gasteiger partial charge in [0, 0.05) is 49.4 Å². The first-order chi connectivity index (χ1) is 14.8. The van der Waals surface area contributed by atoms with Gasteiger partial charge in [-0.05, 0) is 75.9 Å². The van der Waals surface area contributed by atoms with Gasteiger partial charge in [0.1, 0.15) is 6.17 Å². The SMILES string of the molecule is CC1C(C2CCN(CC(C)(C)O)CC2)NC2N=CC3CC=C(c4cnn(C)c4)CC3C21. The molecule has 0 saturated carbocycles. The van der Waals surface area contributed by atoms with Crippen molar-refractivity contribution in [2.24, 2.45) is 41.6 Å². The van der Waals surface area contributed by atoms with Crippen LogP contribution < -0.4 is 5.32 Å². The van der Waals surface area contributed by atoms with Crippen LogP contribution in [0.4, 0.5) is 0 Å². The number of rotatable bonds is 4. The van der Waals surface area contributed by atoms with E-state index in [4.69, 9.17) is 4.99 Å². The zero-order valence-corrected chi connectivity index (χ0v) is 19.5. The third kappa shape index (κ3) is 4.27. The highest BCUT2D eigenvalue weighted by atomic mass is 16.3. The summed E-state index contributed by atoms with van der Waals surface area (Å²) >= 11 is 0. The minimum absolute atomic E-state index is 0.281. The summed E-state index contributed by atoms with van der Waals surface area (Å²) in [5.41, 5.74) is 2.15. The molecule has 2 saturated heterocycles. The molecule has 1 aliphatic carbocycles. The monoisotopic (exact) mass is 425 g/mol. The minimum atomic E-state index is -0.606. The Balaban J connectivity index is 1.26. The predicted molar refractivity (Wildman–Crippen MR) is 125 cm³/mol. The van der Waals surface area contributed by atoms with Gasteiger partial charge in [0.25, 0.3) is 0 Å². The molecule has 2 N–H and O–H groups in total. The number of aliphatic imine (C=N–C) groups is 1. The fourth-order valence-corrected chi connectivity index (χ4v) is 6.90. The van der Waals surface area contributed by atoms with E-state index in [0.29, 0.717) is 35.6 Å². The molecule has 0 bridgehead atoms. The van der Waals surface area contributed by atoms with Crippen LogP contribution in [-0.2, 0) is 7.05 Å². The molecule has 0 aromatic carbocycles. The van der Waals surface area contributed by atoms with Crippen LogP contribution in [0.3, 0.4) is 0 Å². The molecule has 1 aromatic rings. The number of β-amino-alcohol motifs (C(OH)–C–C–N with tert-alkyl or cyclic N) is 1. The van der Waals surface area contributed by atoms with E-state index in [9.17, 15) is 5.11 Å². The second-order valence-electron chi connectivity index (χ2n) is 11.2. The Labute approximate surface area is 186 Å². The number of fused-ring (bicyclic) bond motifs is 3. The van der Waals surface area contributed by atoms with Crippen LogP contribution in [0.25, 0.3) is 5.57 Å². The van der Waals surface area contributed by atoms with Gasteiger partial charge in [0.05, 0.1) is 11.8 Å². The molecule has 2 fully saturated rings. The van der Waals surface area contributed by atoms with Crippen molar-refractivity contribution in [3.8, 4) is 0 Å². The second kappa shape index (κ2) is 8.13. The molecule has 6 atom stereocenters. The molecular weight excluding hydrogens is 386 g/mol. The van der Waals surface area contributed by atoms with Gasteiger partial charge in [-0.3, -0.25) is 15.0 Å². The van der Waals surface area contributed by atoms with E-state index >= 15 is 0 Å². The van der Waals surface area contributed by atoms with Crippen LogP contribution in [0.1, 0.15) is 52.0 Å². The summed E-state index contributed by atoms with van der Waals surface area (Å²) in [6.45, 7) is 9.27. The number of nitrogens with zero attached hydrogens (tertiary/aromatic N) is 4. The lowest BCUT2D eigenvalue weighted by molar-refractivity contribution is 0.0207. The lowest BCUT2D eigenvalue weighted by Crippen LogP contribution is -2.47. The summed E-state index contributed by atoms with van der Waals surface area (Å²) < 4.78 is 1.91. The Hall–Kier alpha value is -1.50. The minimum Gasteiger partial charge on any atom is -0.389 e. The van der Waals surface area contributed by atoms with Gasteiger partial charge in [-0.2, -0.15) is 5.10 Å². The highest BCUT2D eigenvalue weighted by Crippen LogP contribution is 2.49. The topological polar surface area (TPSA) is 65.7 Å². The Bertz CT molecular complexity index is 844. The maximum Gasteiger partial charge on any atom is 0.103 e. The van der Waals surface area contributed by atoms with Crippen molar-refractivity contribution in [3.63, 3.8) is 0 Å². The second-order valence-corrected chi connectivity index (χ2v) is 11.2. The van der Waals surface area contributed by atoms with E-state index in [1.54, 1.807) is 0 Å². The van der Waals surface area contributed by atoms with Crippen LogP contribution >= 0.6 is 0 Å². The fourth-order valence-electron chi connectivity index (χ4n) is 6.90. The van der Waals surface area contributed by atoms with Gasteiger partial charge >= 0.3 is 0 Å². The van der Waals surface area contributed by atoms with Gasteiger partial charge in [-0.1, -0.05) is 13.0 Å². The van der Waals surface area contributed by atoms with Gasteiger partial charge in [0.2, 0.25) is 0 Å². The Morgan fingerprint density at radius 2 is 2.03 bits per heavy atom. The molecule has 0 radical (unpaired) electrons. The molecule has 4 heterocycles. The van der Waals surface area contributed by atoms with Crippen LogP contribution in [0, 0.1) is 29.6 Å². The van der Waals surface area contributed by atoms with E-state index < -0.39 is 5.60 Å². The molecule has 1 aromatic heterocycles. The van der Waals surface area contributed by atoms with Crippen molar-refractivity contribution in [3.05, 3.63) is 24.0 Å². The molecule has 6 heteroatoms. The Morgan fingerprint density at radius 3 is 2.71 bits per heavy atom. The van der Waals surface area contributed by atoms with Gasteiger partial charge in [-0.25, -0.2) is 0 Å². The summed E-state index contributed by atoms with van der Waals surface area (Å²) in [6, 6.07) is 0.558. The van der Waals surface area contributed by atoms with E-state index in [2.05, 4.69) is 40.7 Å². The molecule has 0 amide bonds. The molecule has 170 valence electrons. The Morgan fingerprint density at radius 1 is 1.26 bits per heavy atom. The average Bonchev–Trinajstić information content (AvgIpc) is 3.31. The third-order valence-corrected chi connectivity index (χ3v) is 8.30. The molecule has 6 nitrogen and oxygen atoms in total. The normalized spacial score (nSPS) is 36.9. The maximum atomic E-state index is 10.2. The largest absolute Gasteiger partial charge is 0.389 e. The summed E-state index contributed by atoms with van der Waals surface area (Å²) in [5.74, 6) is 3.23. The highest BCUT2D eigenvalue weighted by molar-refractivity contribution is 5.71. The molecule has 3 aliphatic heterocycles. The fraction of sp³-hybridized carbons (Fsp3) is 0.760. The zero-order chi connectivity index (χ0) is 21.8. The quantitative estimate of drug-likeness (QED) is 0.778. The van der Waals surface area contributed by atoms with Crippen molar-refractivity contribution in [2.75, 3.05) is 19.6 Å². The van der Waals surface area contributed by atoms with E-state index in [-0.39, 0.29) is 6.17 Å². The number of nitrogens with one attached hydrogen (secondary N) is 1. The molecule has 6 unspecified atom stereocenters. The van der Waals surface area contributed by atoms with Crippen molar-refractivity contribution in [1.82, 2.24) is 20.0 Å². The summed E-state index contributed by atoms with van der Waals surface area (Å²) in [7, 11) is 2.00. The lowest BCUT2D eigenvalue weighted by Gasteiger charge is -2.41. The Kier molecular flexibility index (Phi) is 5.60. The number of hydrogen-bond acceptors (Lipinski definition) is 5. The molecular formula is C25H39N5O. The van der Waals surface area contributed by atoms with Gasteiger partial charge in [0.15, 0.2) is 0 Å². The first-order valence-electron chi connectivity index (χ1n) is 12.2. The van der Waals surface area contributed by atoms with Gasteiger partial charge < -0.3 is 10.0 Å². The average molecular weight is 426 g/mol. The highest BCUT2D eigenvalue weighted by Gasteiger charge is 2.50. The smallest absolute Gasteiger partial charge is 0.103 e. The number of aromatic nitrogens is 2. The van der Waals surface area contributed by atoms with Crippen molar-refractivity contribution >= 4 is 11.8 Å². The maximum absolute atomic E-state index is 10.2. The number of aliphatic hydroxyl groups is 1. The third-order valence-electron chi connectivity index (χ3n) is 8.30. The van der Waals surface area contributed by atoms with Crippen LogP contribution in [0.15, 0.2) is 23.5 Å². The van der Waals surface area contributed by atoms with E-state index in [1.165, 1.54) is 24.0 Å². The first-order valence-corrected chi connectivity index (χ1v) is 12.2. The standard InChI is InChI=1S/C25H39N5O/c1-16-22-21-11-18(20-13-27-29(4)14-20)5-6-19(21)12-26-24(22)28-23(16)17-7-9-30(10-8-17)15-25(2,3)31/h5,12-14,16-17,19,21-24,28,31H,6-11,15H2,1-4H3. The van der Waals surface area contributed by atoms with Crippen LogP contribution in [0.5, 0.6) is 0 Å². The zero-order valence-electron chi connectivity index (χ0n) is 19.5. The molecule has 0 spiro atoms. The molecule has 31 heavy (non-hydrogen) atoms. The van der Waals surface area contributed by atoms with Gasteiger partial charge in [-0.15, -0.1) is 0 Å². The van der Waals surface area contributed by atoms with Crippen molar-refractivity contribution < 1.29 is 5.11 Å². The molecule has 5 rings (SSSR count). The van der Waals surface area contributed by atoms with E-state index in [1.807, 2.05) is 31.8 Å². The number of likely N-dealkylation sites (tertiary alicyclic amines) is 1. The summed E-state index contributed by atoms with van der Waals surface area (Å²) in [6.07, 6.45) is 13.8.